The fourth-order valence-electron chi connectivity index (χ4n) is 6.19. The van der Waals surface area contributed by atoms with Gasteiger partial charge in [0.1, 0.15) is 0 Å². The van der Waals surface area contributed by atoms with Gasteiger partial charge in [0.25, 0.3) is 0 Å². The molecule has 4 bridgehead atoms. The average molecular weight is 369 g/mol. The molecular weight excluding hydrogens is 336 g/mol. The molecular formula is C23H32N2O2. The SMILES string of the molecule is Cc1ccc(CNC(=O)CCNC(=O)C23CC4CC(CC(C4)C2)C3)c(C)c1. The Morgan fingerprint density at radius 1 is 1.00 bits per heavy atom. The second kappa shape index (κ2) is 7.29. The zero-order chi connectivity index (χ0) is 19.0. The Hall–Kier alpha value is -1.84. The topological polar surface area (TPSA) is 58.2 Å². The first-order valence-electron chi connectivity index (χ1n) is 10.5. The van der Waals surface area contributed by atoms with Crippen molar-refractivity contribution in [2.24, 2.45) is 23.2 Å². The van der Waals surface area contributed by atoms with E-state index in [4.69, 9.17) is 0 Å². The molecule has 0 aliphatic heterocycles. The summed E-state index contributed by atoms with van der Waals surface area (Å²) in [6.45, 7) is 5.13. The van der Waals surface area contributed by atoms with Gasteiger partial charge in [-0.25, -0.2) is 0 Å². The Morgan fingerprint density at radius 2 is 1.63 bits per heavy atom. The number of nitrogens with one attached hydrogen (secondary N) is 2. The standard InChI is InChI=1S/C23H32N2O2/c1-15-3-4-20(16(2)7-15)14-25-21(26)5-6-24-22(27)23-11-17-8-18(12-23)10-19(9-17)13-23/h3-4,7,17-19H,5-6,8-14H2,1-2H3,(H,24,27)(H,25,26). The number of hydrogen-bond donors (Lipinski definition) is 2. The molecule has 146 valence electrons. The number of aryl methyl sites for hydroxylation is 2. The highest BCUT2D eigenvalue weighted by atomic mass is 16.2. The lowest BCUT2D eigenvalue weighted by molar-refractivity contribution is -0.146. The molecule has 0 spiro atoms. The normalized spacial score (nSPS) is 31.0. The highest BCUT2D eigenvalue weighted by Crippen LogP contribution is 2.60. The molecule has 5 rings (SSSR count). The van der Waals surface area contributed by atoms with E-state index in [1.807, 2.05) is 0 Å². The zero-order valence-electron chi connectivity index (χ0n) is 16.6. The molecule has 0 heterocycles. The van der Waals surface area contributed by atoms with Crippen LogP contribution in [-0.2, 0) is 16.1 Å². The largest absolute Gasteiger partial charge is 0.355 e. The van der Waals surface area contributed by atoms with E-state index >= 15 is 0 Å². The summed E-state index contributed by atoms with van der Waals surface area (Å²) in [5.41, 5.74) is 3.46. The summed E-state index contributed by atoms with van der Waals surface area (Å²) in [5, 5.41) is 6.07. The minimum Gasteiger partial charge on any atom is -0.355 e. The molecule has 1 aromatic carbocycles. The molecule has 4 fully saturated rings. The van der Waals surface area contributed by atoms with Crippen LogP contribution in [0, 0.1) is 37.0 Å². The molecule has 4 heteroatoms. The summed E-state index contributed by atoms with van der Waals surface area (Å²) in [5.74, 6) is 2.51. The van der Waals surface area contributed by atoms with E-state index in [1.165, 1.54) is 30.4 Å². The van der Waals surface area contributed by atoms with Gasteiger partial charge in [0.2, 0.25) is 11.8 Å². The number of carbonyl (C=O) groups excluding carboxylic acids is 2. The van der Waals surface area contributed by atoms with Crippen LogP contribution in [0.1, 0.15) is 61.6 Å². The van der Waals surface area contributed by atoms with Crippen LogP contribution in [0.3, 0.4) is 0 Å². The van der Waals surface area contributed by atoms with Crippen LogP contribution in [0.5, 0.6) is 0 Å². The van der Waals surface area contributed by atoms with Gasteiger partial charge in [-0.3, -0.25) is 9.59 Å². The van der Waals surface area contributed by atoms with Gasteiger partial charge in [0, 0.05) is 24.9 Å². The van der Waals surface area contributed by atoms with Crippen molar-refractivity contribution in [2.75, 3.05) is 6.54 Å². The predicted octanol–water partition coefficient (Wildman–Crippen LogP) is 3.64. The third kappa shape index (κ3) is 3.90. The van der Waals surface area contributed by atoms with Gasteiger partial charge in [0.15, 0.2) is 0 Å². The second-order valence-electron chi connectivity index (χ2n) is 9.41. The molecule has 4 aliphatic carbocycles. The van der Waals surface area contributed by atoms with Crippen molar-refractivity contribution in [1.29, 1.82) is 0 Å². The highest BCUT2D eigenvalue weighted by Gasteiger charge is 2.54. The number of amides is 2. The molecule has 0 radical (unpaired) electrons. The van der Waals surface area contributed by atoms with E-state index in [9.17, 15) is 9.59 Å². The first kappa shape index (κ1) is 18.5. The lowest BCUT2D eigenvalue weighted by Gasteiger charge is -2.55. The van der Waals surface area contributed by atoms with E-state index < -0.39 is 0 Å². The van der Waals surface area contributed by atoms with Crippen molar-refractivity contribution in [3.8, 4) is 0 Å². The third-order valence-electron chi connectivity index (χ3n) is 7.13. The number of benzene rings is 1. The zero-order valence-corrected chi connectivity index (χ0v) is 16.6. The minimum atomic E-state index is -0.121. The smallest absolute Gasteiger partial charge is 0.226 e. The summed E-state index contributed by atoms with van der Waals surface area (Å²) < 4.78 is 0. The molecule has 27 heavy (non-hydrogen) atoms. The van der Waals surface area contributed by atoms with E-state index in [0.29, 0.717) is 19.5 Å². The van der Waals surface area contributed by atoms with Crippen molar-refractivity contribution in [2.45, 2.75) is 65.3 Å². The van der Waals surface area contributed by atoms with Crippen molar-refractivity contribution in [3.63, 3.8) is 0 Å². The van der Waals surface area contributed by atoms with Gasteiger partial charge in [0.05, 0.1) is 0 Å². The van der Waals surface area contributed by atoms with Crippen LogP contribution in [-0.4, -0.2) is 18.4 Å². The van der Waals surface area contributed by atoms with Crippen LogP contribution in [0.25, 0.3) is 0 Å². The van der Waals surface area contributed by atoms with Crippen LogP contribution < -0.4 is 10.6 Å². The van der Waals surface area contributed by atoms with Gasteiger partial charge in [-0.1, -0.05) is 23.8 Å². The molecule has 4 saturated carbocycles. The minimum absolute atomic E-state index is 0.000729. The molecule has 0 saturated heterocycles. The highest BCUT2D eigenvalue weighted by molar-refractivity contribution is 5.84. The molecule has 0 unspecified atom stereocenters. The van der Waals surface area contributed by atoms with Crippen LogP contribution in [0.4, 0.5) is 0 Å². The predicted molar refractivity (Wildman–Crippen MR) is 106 cm³/mol. The van der Waals surface area contributed by atoms with Crippen LogP contribution in [0.15, 0.2) is 18.2 Å². The molecule has 2 amide bonds. The lowest BCUT2D eigenvalue weighted by Crippen LogP contribution is -2.53. The Balaban J connectivity index is 1.22. The summed E-state index contributed by atoms with van der Waals surface area (Å²) in [7, 11) is 0. The third-order valence-corrected chi connectivity index (χ3v) is 7.13. The van der Waals surface area contributed by atoms with Gasteiger partial charge < -0.3 is 10.6 Å². The number of hydrogen-bond acceptors (Lipinski definition) is 2. The van der Waals surface area contributed by atoms with Crippen LogP contribution >= 0.6 is 0 Å². The van der Waals surface area contributed by atoms with Crippen LogP contribution in [0.2, 0.25) is 0 Å². The molecule has 1 aromatic rings. The maximum Gasteiger partial charge on any atom is 0.226 e. The summed E-state index contributed by atoms with van der Waals surface area (Å²) in [6, 6.07) is 6.27. The Labute approximate surface area is 162 Å². The van der Waals surface area contributed by atoms with Gasteiger partial charge >= 0.3 is 0 Å². The Kier molecular flexibility index (Phi) is 5.00. The van der Waals surface area contributed by atoms with Gasteiger partial charge in [-0.15, -0.1) is 0 Å². The van der Waals surface area contributed by atoms with Crippen molar-refractivity contribution < 1.29 is 9.59 Å². The number of rotatable bonds is 6. The fourth-order valence-corrected chi connectivity index (χ4v) is 6.19. The molecule has 0 aromatic heterocycles. The summed E-state index contributed by atoms with van der Waals surface area (Å²) in [4.78, 5) is 25.1. The van der Waals surface area contributed by atoms with E-state index in [0.717, 1.165) is 42.6 Å². The first-order valence-corrected chi connectivity index (χ1v) is 10.5. The fraction of sp³-hybridized carbons (Fsp3) is 0.652. The Morgan fingerprint density at radius 3 is 2.22 bits per heavy atom. The summed E-state index contributed by atoms with van der Waals surface area (Å²) in [6.07, 6.45) is 7.59. The first-order chi connectivity index (χ1) is 12.9. The van der Waals surface area contributed by atoms with E-state index in [-0.39, 0.29) is 17.2 Å². The second-order valence-corrected chi connectivity index (χ2v) is 9.41. The maximum atomic E-state index is 12.9. The van der Waals surface area contributed by atoms with Gasteiger partial charge in [-0.05, 0) is 81.3 Å². The molecule has 4 nitrogen and oxygen atoms in total. The van der Waals surface area contributed by atoms with E-state index in [1.54, 1.807) is 0 Å². The van der Waals surface area contributed by atoms with Crippen molar-refractivity contribution in [1.82, 2.24) is 10.6 Å². The van der Waals surface area contributed by atoms with Crippen molar-refractivity contribution in [3.05, 3.63) is 34.9 Å². The lowest BCUT2D eigenvalue weighted by atomic mass is 9.49. The average Bonchev–Trinajstić information content (AvgIpc) is 2.59. The maximum absolute atomic E-state index is 12.9. The molecule has 0 atom stereocenters. The Bertz CT molecular complexity index is 705. The number of carbonyl (C=O) groups is 2. The molecule has 4 aliphatic rings. The molecule has 2 N–H and O–H groups in total. The van der Waals surface area contributed by atoms with Crippen molar-refractivity contribution >= 4 is 11.8 Å². The van der Waals surface area contributed by atoms with E-state index in [2.05, 4.69) is 42.7 Å². The van der Waals surface area contributed by atoms with Gasteiger partial charge in [-0.2, -0.15) is 0 Å². The monoisotopic (exact) mass is 368 g/mol. The quantitative estimate of drug-likeness (QED) is 0.805. The summed E-state index contributed by atoms with van der Waals surface area (Å²) >= 11 is 0.